The lowest BCUT2D eigenvalue weighted by Crippen LogP contribution is -1.73. The van der Waals surface area contributed by atoms with Crippen LogP contribution in [0.5, 0.6) is 0 Å². The SMILES string of the molecule is BrCC=CCCCCBr. The number of allylic oxidation sites excluding steroid dienone is 2. The summed E-state index contributed by atoms with van der Waals surface area (Å²) in [4.78, 5) is 0. The van der Waals surface area contributed by atoms with Gasteiger partial charge in [0.05, 0.1) is 0 Å². The van der Waals surface area contributed by atoms with Gasteiger partial charge in [0.25, 0.3) is 0 Å². The third-order valence-electron chi connectivity index (χ3n) is 1.01. The van der Waals surface area contributed by atoms with Gasteiger partial charge in [0.15, 0.2) is 0 Å². The van der Waals surface area contributed by atoms with Crippen LogP contribution in [0.2, 0.25) is 0 Å². The molecule has 0 radical (unpaired) electrons. The number of hydrogen-bond acceptors (Lipinski definition) is 0. The van der Waals surface area contributed by atoms with Crippen molar-refractivity contribution >= 4 is 31.9 Å². The van der Waals surface area contributed by atoms with E-state index < -0.39 is 0 Å². The van der Waals surface area contributed by atoms with Gasteiger partial charge in [0.2, 0.25) is 0 Å². The van der Waals surface area contributed by atoms with E-state index in [0.29, 0.717) is 0 Å². The molecule has 0 aliphatic heterocycles. The molecule has 0 heterocycles. The van der Waals surface area contributed by atoms with Gasteiger partial charge in [-0.3, -0.25) is 0 Å². The van der Waals surface area contributed by atoms with Crippen molar-refractivity contribution in [2.75, 3.05) is 10.7 Å². The van der Waals surface area contributed by atoms with Gasteiger partial charge in [-0.05, 0) is 19.3 Å². The molecule has 0 spiro atoms. The lowest BCUT2D eigenvalue weighted by atomic mass is 10.2. The first kappa shape index (κ1) is 9.70. The highest BCUT2D eigenvalue weighted by atomic mass is 79.9. The van der Waals surface area contributed by atoms with E-state index in [4.69, 9.17) is 0 Å². The second-order valence-electron chi connectivity index (χ2n) is 1.81. The predicted octanol–water partition coefficient (Wildman–Crippen LogP) is 3.50. The number of unbranched alkanes of at least 4 members (excludes halogenated alkanes) is 2. The van der Waals surface area contributed by atoms with Crippen LogP contribution in [0.25, 0.3) is 0 Å². The van der Waals surface area contributed by atoms with Crippen molar-refractivity contribution in [1.29, 1.82) is 0 Å². The topological polar surface area (TPSA) is 0 Å². The third kappa shape index (κ3) is 8.70. The van der Waals surface area contributed by atoms with Gasteiger partial charge in [-0.2, -0.15) is 0 Å². The molecular weight excluding hydrogens is 244 g/mol. The fourth-order valence-corrected chi connectivity index (χ4v) is 1.20. The van der Waals surface area contributed by atoms with E-state index in [1.807, 2.05) is 0 Å². The van der Waals surface area contributed by atoms with Crippen LogP contribution in [0, 0.1) is 0 Å². The Balaban J connectivity index is 2.82. The highest BCUT2D eigenvalue weighted by Gasteiger charge is 1.80. The van der Waals surface area contributed by atoms with Gasteiger partial charge in [-0.25, -0.2) is 0 Å². The zero-order valence-electron chi connectivity index (χ0n) is 5.45. The zero-order chi connectivity index (χ0) is 6.95. The van der Waals surface area contributed by atoms with Crippen LogP contribution in [-0.2, 0) is 0 Å². The summed E-state index contributed by atoms with van der Waals surface area (Å²) < 4.78 is 0. The average Bonchev–Trinajstić information content (AvgIpc) is 1.89. The van der Waals surface area contributed by atoms with Crippen molar-refractivity contribution in [1.82, 2.24) is 0 Å². The van der Waals surface area contributed by atoms with E-state index in [0.717, 1.165) is 10.7 Å². The molecule has 54 valence electrons. The smallest absolute Gasteiger partial charge is 0.0212 e. The molecule has 0 aromatic heterocycles. The lowest BCUT2D eigenvalue weighted by Gasteiger charge is -1.88. The van der Waals surface area contributed by atoms with E-state index in [-0.39, 0.29) is 0 Å². The monoisotopic (exact) mass is 254 g/mol. The number of halogens is 2. The number of hydrogen-bond donors (Lipinski definition) is 0. The van der Waals surface area contributed by atoms with E-state index in [1.54, 1.807) is 0 Å². The van der Waals surface area contributed by atoms with Crippen molar-refractivity contribution in [3.63, 3.8) is 0 Å². The molecule has 0 aliphatic rings. The van der Waals surface area contributed by atoms with Gasteiger partial charge in [-0.1, -0.05) is 44.0 Å². The number of rotatable bonds is 5. The van der Waals surface area contributed by atoms with E-state index in [2.05, 4.69) is 44.0 Å². The molecule has 2 heteroatoms. The molecule has 0 fully saturated rings. The maximum absolute atomic E-state index is 3.39. The first-order chi connectivity index (χ1) is 4.41. The zero-order valence-corrected chi connectivity index (χ0v) is 8.62. The molecule has 0 atom stereocenters. The Hall–Kier alpha value is 0.700. The summed E-state index contributed by atoms with van der Waals surface area (Å²) in [7, 11) is 0. The summed E-state index contributed by atoms with van der Waals surface area (Å²) in [5.74, 6) is 0. The first-order valence-corrected chi connectivity index (χ1v) is 5.43. The summed E-state index contributed by atoms with van der Waals surface area (Å²) in [6, 6.07) is 0. The predicted molar refractivity (Wildman–Crippen MR) is 50.6 cm³/mol. The minimum atomic E-state index is 0.987. The first-order valence-electron chi connectivity index (χ1n) is 3.18. The van der Waals surface area contributed by atoms with Crippen molar-refractivity contribution in [2.45, 2.75) is 19.3 Å². The molecule has 0 aliphatic carbocycles. The Bertz CT molecular complexity index is 69.3. The van der Waals surface area contributed by atoms with Gasteiger partial charge < -0.3 is 0 Å². The highest BCUT2D eigenvalue weighted by Crippen LogP contribution is 1.99. The molecule has 0 aromatic carbocycles. The molecule has 0 N–H and O–H groups in total. The average molecular weight is 256 g/mol. The third-order valence-corrected chi connectivity index (χ3v) is 1.94. The van der Waals surface area contributed by atoms with Crippen molar-refractivity contribution in [3.8, 4) is 0 Å². The van der Waals surface area contributed by atoms with E-state index in [9.17, 15) is 0 Å². The van der Waals surface area contributed by atoms with Crippen LogP contribution in [0.1, 0.15) is 19.3 Å². The van der Waals surface area contributed by atoms with Crippen molar-refractivity contribution in [2.24, 2.45) is 0 Å². The quantitative estimate of drug-likeness (QED) is 0.401. The lowest BCUT2D eigenvalue weighted by molar-refractivity contribution is 0.826. The van der Waals surface area contributed by atoms with Crippen molar-refractivity contribution < 1.29 is 0 Å². The second kappa shape index (κ2) is 8.70. The maximum Gasteiger partial charge on any atom is 0.0212 e. The summed E-state index contributed by atoms with van der Waals surface area (Å²) in [6.07, 6.45) is 8.17. The normalized spacial score (nSPS) is 10.9. The number of alkyl halides is 2. The second-order valence-corrected chi connectivity index (χ2v) is 3.25. The summed E-state index contributed by atoms with van der Waals surface area (Å²) in [5.41, 5.74) is 0. The Morgan fingerprint density at radius 1 is 1.00 bits per heavy atom. The molecule has 0 saturated heterocycles. The molecule has 0 amide bonds. The Kier molecular flexibility index (Phi) is 9.38. The van der Waals surface area contributed by atoms with Gasteiger partial charge in [0.1, 0.15) is 0 Å². The van der Waals surface area contributed by atoms with Crippen molar-refractivity contribution in [3.05, 3.63) is 12.2 Å². The fraction of sp³-hybridized carbons (Fsp3) is 0.714. The van der Waals surface area contributed by atoms with Crippen LogP contribution >= 0.6 is 31.9 Å². The molecule has 9 heavy (non-hydrogen) atoms. The minimum absolute atomic E-state index is 0.987. The molecule has 0 bridgehead atoms. The maximum atomic E-state index is 3.39. The standard InChI is InChI=1S/C7H12Br2/c8-6-4-2-1-3-5-7-9/h2,4H,1,3,5-7H2. The molecule has 0 aromatic rings. The highest BCUT2D eigenvalue weighted by molar-refractivity contribution is 9.09. The van der Waals surface area contributed by atoms with Gasteiger partial charge in [-0.15, -0.1) is 0 Å². The molecule has 0 nitrogen and oxygen atoms in total. The molecule has 0 rings (SSSR count). The Morgan fingerprint density at radius 3 is 2.33 bits per heavy atom. The van der Waals surface area contributed by atoms with Crippen LogP contribution in [0.4, 0.5) is 0 Å². The van der Waals surface area contributed by atoms with Crippen LogP contribution in [-0.4, -0.2) is 10.7 Å². The van der Waals surface area contributed by atoms with Crippen LogP contribution < -0.4 is 0 Å². The summed E-state index contributed by atoms with van der Waals surface area (Å²) in [5, 5.41) is 2.12. The summed E-state index contributed by atoms with van der Waals surface area (Å²) >= 11 is 6.71. The van der Waals surface area contributed by atoms with E-state index >= 15 is 0 Å². The van der Waals surface area contributed by atoms with E-state index in [1.165, 1.54) is 19.3 Å². The fourth-order valence-electron chi connectivity index (χ4n) is 0.538. The Morgan fingerprint density at radius 2 is 1.78 bits per heavy atom. The largest absolute Gasteiger partial charge is 0.0928 e. The van der Waals surface area contributed by atoms with Crippen LogP contribution in [0.3, 0.4) is 0 Å². The van der Waals surface area contributed by atoms with Gasteiger partial charge >= 0.3 is 0 Å². The molecule has 0 saturated carbocycles. The molecular formula is C7H12Br2. The Labute approximate surface area is 74.0 Å². The minimum Gasteiger partial charge on any atom is -0.0928 e. The summed E-state index contributed by atoms with van der Waals surface area (Å²) in [6.45, 7) is 0. The van der Waals surface area contributed by atoms with Crippen LogP contribution in [0.15, 0.2) is 12.2 Å². The molecule has 0 unspecified atom stereocenters. The van der Waals surface area contributed by atoms with Gasteiger partial charge in [0, 0.05) is 10.7 Å².